The van der Waals surface area contributed by atoms with E-state index in [1.165, 1.54) is 44.9 Å². The molecular weight excluding hydrogens is 276 g/mol. The van der Waals surface area contributed by atoms with E-state index in [1.54, 1.807) is 0 Å². The number of carboxylic acid groups (broad SMARTS) is 3. The van der Waals surface area contributed by atoms with Crippen molar-refractivity contribution >= 4 is 17.9 Å². The zero-order valence-electron chi connectivity index (χ0n) is 14.0. The number of unbranched alkanes of at least 4 members (excludes halogenated alkanes) is 6. The molecule has 6 nitrogen and oxygen atoms in total. The van der Waals surface area contributed by atoms with Gasteiger partial charge in [0.15, 0.2) is 0 Å². The first-order valence-corrected chi connectivity index (χ1v) is 7.20. The molecule has 0 heterocycles. The summed E-state index contributed by atoms with van der Waals surface area (Å²) in [4.78, 5) is 27.0. The van der Waals surface area contributed by atoms with Crippen LogP contribution < -0.4 is 0 Å². The second kappa shape index (κ2) is 26.9. The highest BCUT2D eigenvalue weighted by Gasteiger charge is 1.85. The minimum Gasteiger partial charge on any atom is -0.481 e. The van der Waals surface area contributed by atoms with Crippen LogP contribution >= 0.6 is 0 Å². The van der Waals surface area contributed by atoms with E-state index in [0.717, 1.165) is 20.8 Å². The first-order chi connectivity index (χ1) is 9.61. The fourth-order valence-electron chi connectivity index (χ4n) is 1.03. The number of hydrogen-bond donors (Lipinski definition) is 3. The molecule has 21 heavy (non-hydrogen) atoms. The third kappa shape index (κ3) is 255. The van der Waals surface area contributed by atoms with E-state index in [4.69, 9.17) is 29.7 Å². The lowest BCUT2D eigenvalue weighted by molar-refractivity contribution is -0.135. The highest BCUT2D eigenvalue weighted by Crippen LogP contribution is 2.05. The van der Waals surface area contributed by atoms with Crippen LogP contribution in [0, 0.1) is 0 Å². The van der Waals surface area contributed by atoms with Crippen molar-refractivity contribution in [1.82, 2.24) is 0 Å². The van der Waals surface area contributed by atoms with Crippen LogP contribution in [0.3, 0.4) is 0 Å². The molecule has 6 heteroatoms. The number of hydrogen-bond acceptors (Lipinski definition) is 3. The summed E-state index contributed by atoms with van der Waals surface area (Å²) in [6.45, 7) is 7.78. The molecule has 3 N–H and O–H groups in total. The van der Waals surface area contributed by atoms with Crippen LogP contribution in [0.25, 0.3) is 0 Å². The van der Waals surface area contributed by atoms with Gasteiger partial charge >= 0.3 is 0 Å². The van der Waals surface area contributed by atoms with Crippen LogP contribution in [-0.2, 0) is 14.4 Å². The maximum atomic E-state index is 9.00. The molecule has 0 aromatic heterocycles. The van der Waals surface area contributed by atoms with E-state index >= 15 is 0 Å². The Kier molecular flexibility index (Phi) is 35.5. The minimum atomic E-state index is -0.833. The molecule has 0 amide bonds. The molecule has 0 saturated carbocycles. The third-order valence-corrected chi connectivity index (χ3v) is 1.71. The van der Waals surface area contributed by atoms with Crippen LogP contribution in [0.15, 0.2) is 0 Å². The summed E-state index contributed by atoms with van der Waals surface area (Å²) < 4.78 is 0. The summed E-state index contributed by atoms with van der Waals surface area (Å²) >= 11 is 0. The average Bonchev–Trinajstić information content (AvgIpc) is 2.26. The molecule has 0 aromatic carbocycles. The summed E-state index contributed by atoms with van der Waals surface area (Å²) in [7, 11) is 0. The summed E-state index contributed by atoms with van der Waals surface area (Å²) in [6.07, 6.45) is 9.97. The van der Waals surface area contributed by atoms with E-state index in [2.05, 4.69) is 13.8 Å². The summed E-state index contributed by atoms with van der Waals surface area (Å²) in [5.74, 6) is -2.50. The van der Waals surface area contributed by atoms with E-state index < -0.39 is 17.9 Å². The topological polar surface area (TPSA) is 112 Å². The summed E-state index contributed by atoms with van der Waals surface area (Å²) in [6, 6.07) is 0. The number of aliphatic carboxylic acids is 3. The van der Waals surface area contributed by atoms with Gasteiger partial charge in [-0.2, -0.15) is 0 Å². The van der Waals surface area contributed by atoms with Crippen LogP contribution in [-0.4, -0.2) is 33.2 Å². The molecule has 0 bridgehead atoms. The van der Waals surface area contributed by atoms with Crippen molar-refractivity contribution < 1.29 is 29.7 Å². The fourth-order valence-corrected chi connectivity index (χ4v) is 1.03. The van der Waals surface area contributed by atoms with E-state index in [1.807, 2.05) is 0 Å². The monoisotopic (exact) mass is 308 g/mol. The normalized spacial score (nSPS) is 7.86. The zero-order valence-corrected chi connectivity index (χ0v) is 14.0. The summed E-state index contributed by atoms with van der Waals surface area (Å²) in [5.41, 5.74) is 0. The number of rotatable bonds is 6. The molecule has 0 atom stereocenters. The van der Waals surface area contributed by atoms with Crippen molar-refractivity contribution in [2.24, 2.45) is 0 Å². The highest BCUT2D eigenvalue weighted by atomic mass is 16.4. The minimum absolute atomic E-state index is 0.833. The first kappa shape index (κ1) is 27.7. The molecule has 0 spiro atoms. The Morgan fingerprint density at radius 2 is 0.714 bits per heavy atom. The smallest absolute Gasteiger partial charge is 0.300 e. The maximum absolute atomic E-state index is 9.00. The van der Waals surface area contributed by atoms with Crippen LogP contribution in [0.4, 0.5) is 0 Å². The fraction of sp³-hybridized carbons (Fsp3) is 0.800. The van der Waals surface area contributed by atoms with E-state index in [-0.39, 0.29) is 0 Å². The molecule has 0 fully saturated rings. The van der Waals surface area contributed by atoms with Crippen molar-refractivity contribution in [3.05, 3.63) is 0 Å². The zero-order chi connectivity index (χ0) is 17.7. The Balaban J connectivity index is -0.000000102. The molecule has 0 unspecified atom stereocenters. The van der Waals surface area contributed by atoms with Gasteiger partial charge in [0, 0.05) is 20.8 Å². The Morgan fingerprint density at radius 1 is 0.571 bits per heavy atom. The molecule has 0 aliphatic carbocycles. The van der Waals surface area contributed by atoms with Crippen LogP contribution in [0.1, 0.15) is 79.6 Å². The predicted octanol–water partition coefficient (Wildman–Crippen LogP) is 4.03. The molecule has 0 saturated heterocycles. The highest BCUT2D eigenvalue weighted by molar-refractivity contribution is 5.63. The Bertz CT molecular complexity index is 192. The maximum Gasteiger partial charge on any atom is 0.300 e. The number of carbonyl (C=O) groups is 3. The van der Waals surface area contributed by atoms with E-state index in [9.17, 15) is 0 Å². The second-order valence-corrected chi connectivity index (χ2v) is 4.32. The first-order valence-electron chi connectivity index (χ1n) is 7.20. The van der Waals surface area contributed by atoms with Gasteiger partial charge in [-0.25, -0.2) is 0 Å². The lowest BCUT2D eigenvalue weighted by Gasteiger charge is -1.96. The molecule has 0 radical (unpaired) electrons. The number of carboxylic acids is 3. The van der Waals surface area contributed by atoms with Crippen LogP contribution in [0.5, 0.6) is 0 Å². The van der Waals surface area contributed by atoms with Gasteiger partial charge in [-0.3, -0.25) is 14.4 Å². The predicted molar refractivity (Wildman–Crippen MR) is 83.6 cm³/mol. The van der Waals surface area contributed by atoms with Crippen molar-refractivity contribution in [3.8, 4) is 0 Å². The SMILES string of the molecule is CC(=O)O.CC(=O)O.CC(=O)O.CCCCCCCCC. The summed E-state index contributed by atoms with van der Waals surface area (Å²) in [5, 5.41) is 22.2. The standard InChI is InChI=1S/C9H20.3C2H4O2/c1-3-5-7-9-8-6-4-2;3*1-2(3)4/h3-9H2,1-2H3;3*1H3,(H,3,4). The van der Waals surface area contributed by atoms with Gasteiger partial charge in [0.25, 0.3) is 17.9 Å². The molecular formula is C15H32O6. The van der Waals surface area contributed by atoms with Crippen molar-refractivity contribution in [1.29, 1.82) is 0 Å². The van der Waals surface area contributed by atoms with Crippen molar-refractivity contribution in [2.45, 2.75) is 79.6 Å². The van der Waals surface area contributed by atoms with Crippen LogP contribution in [0.2, 0.25) is 0 Å². The largest absolute Gasteiger partial charge is 0.481 e. The van der Waals surface area contributed by atoms with Crippen molar-refractivity contribution in [2.75, 3.05) is 0 Å². The van der Waals surface area contributed by atoms with Gasteiger partial charge < -0.3 is 15.3 Å². The molecule has 0 aliphatic rings. The second-order valence-electron chi connectivity index (χ2n) is 4.32. The lowest BCUT2D eigenvalue weighted by atomic mass is 10.1. The lowest BCUT2D eigenvalue weighted by Crippen LogP contribution is -1.78. The molecule has 0 rings (SSSR count). The van der Waals surface area contributed by atoms with Gasteiger partial charge in [-0.1, -0.05) is 58.8 Å². The average molecular weight is 308 g/mol. The van der Waals surface area contributed by atoms with Crippen molar-refractivity contribution in [3.63, 3.8) is 0 Å². The van der Waals surface area contributed by atoms with Gasteiger partial charge in [0.1, 0.15) is 0 Å². The Morgan fingerprint density at radius 3 is 0.857 bits per heavy atom. The van der Waals surface area contributed by atoms with Gasteiger partial charge in [0.2, 0.25) is 0 Å². The van der Waals surface area contributed by atoms with Gasteiger partial charge in [-0.15, -0.1) is 0 Å². The molecule has 0 aliphatic heterocycles. The Labute approximate surface area is 128 Å². The Hall–Kier alpha value is -1.59. The van der Waals surface area contributed by atoms with E-state index in [0.29, 0.717) is 0 Å². The quantitative estimate of drug-likeness (QED) is 0.639. The molecule has 128 valence electrons. The van der Waals surface area contributed by atoms with Gasteiger partial charge in [-0.05, 0) is 0 Å². The third-order valence-electron chi connectivity index (χ3n) is 1.71. The van der Waals surface area contributed by atoms with Gasteiger partial charge in [0.05, 0.1) is 0 Å². The molecule has 0 aromatic rings.